The lowest BCUT2D eigenvalue weighted by molar-refractivity contribution is -0.131. The molecule has 4 rings (SSSR count). The Balaban J connectivity index is 1.19. The predicted octanol–water partition coefficient (Wildman–Crippen LogP) is 3.96. The molecule has 2 aromatic heterocycles. The summed E-state index contributed by atoms with van der Waals surface area (Å²) in [5.41, 5.74) is 3.15. The highest BCUT2D eigenvalue weighted by atomic mass is 35.5. The van der Waals surface area contributed by atoms with Gasteiger partial charge in [0, 0.05) is 67.2 Å². The molecule has 5 nitrogen and oxygen atoms in total. The molecule has 0 unspecified atom stereocenters. The third-order valence-corrected chi connectivity index (χ3v) is 6.16. The van der Waals surface area contributed by atoms with Crippen LogP contribution in [0.15, 0.2) is 54.9 Å². The van der Waals surface area contributed by atoms with Gasteiger partial charge in [-0.25, -0.2) is 4.98 Å². The van der Waals surface area contributed by atoms with Crippen molar-refractivity contribution in [3.05, 3.63) is 65.6 Å². The number of carbonyl (C=O) groups excluding carboxylic acids is 1. The first-order chi connectivity index (χ1) is 13.7. The molecule has 0 atom stereocenters. The highest BCUT2D eigenvalue weighted by Crippen LogP contribution is 2.21. The zero-order valence-corrected chi connectivity index (χ0v) is 17.2. The highest BCUT2D eigenvalue weighted by molar-refractivity contribution is 7.98. The molecule has 0 bridgehead atoms. The van der Waals surface area contributed by atoms with Gasteiger partial charge in [0.1, 0.15) is 5.65 Å². The van der Waals surface area contributed by atoms with Gasteiger partial charge >= 0.3 is 0 Å². The van der Waals surface area contributed by atoms with Crippen LogP contribution in [0.1, 0.15) is 12.1 Å². The minimum absolute atomic E-state index is 0.244. The Kier molecular flexibility index (Phi) is 6.07. The van der Waals surface area contributed by atoms with Crippen molar-refractivity contribution < 1.29 is 4.79 Å². The van der Waals surface area contributed by atoms with E-state index in [-0.39, 0.29) is 5.91 Å². The lowest BCUT2D eigenvalue weighted by atomic mass is 10.2. The molecule has 3 heterocycles. The van der Waals surface area contributed by atoms with E-state index in [0.717, 1.165) is 59.7 Å². The maximum Gasteiger partial charge on any atom is 0.223 e. The van der Waals surface area contributed by atoms with E-state index in [2.05, 4.69) is 22.1 Å². The standard InChI is InChI=1S/C21H23ClN4OS/c22-17-4-3-5-19(14-17)24-9-11-25(12-10-24)21(27)7-13-28-16-18-15-26-8-2-1-6-20(26)23-18/h1-6,8,14-15H,7,9-13,16H2. The van der Waals surface area contributed by atoms with Crippen molar-refractivity contribution in [3.63, 3.8) is 0 Å². The van der Waals surface area contributed by atoms with E-state index in [0.29, 0.717) is 6.42 Å². The Labute approximate surface area is 174 Å². The molecule has 1 saturated heterocycles. The quantitative estimate of drug-likeness (QED) is 0.572. The van der Waals surface area contributed by atoms with Crippen molar-refractivity contribution in [2.45, 2.75) is 12.2 Å². The number of pyridine rings is 1. The van der Waals surface area contributed by atoms with Crippen LogP contribution >= 0.6 is 23.4 Å². The second kappa shape index (κ2) is 8.88. The van der Waals surface area contributed by atoms with E-state index >= 15 is 0 Å². The van der Waals surface area contributed by atoms with Crippen LogP contribution in [0.2, 0.25) is 5.02 Å². The van der Waals surface area contributed by atoms with Crippen LogP contribution in [0.5, 0.6) is 0 Å². The molecule has 7 heteroatoms. The number of rotatable bonds is 6. The third kappa shape index (κ3) is 4.62. The molecule has 0 radical (unpaired) electrons. The number of piperazine rings is 1. The van der Waals surface area contributed by atoms with Crippen LogP contribution in [-0.2, 0) is 10.5 Å². The molecule has 1 aromatic carbocycles. The van der Waals surface area contributed by atoms with Crippen molar-refractivity contribution in [3.8, 4) is 0 Å². The summed E-state index contributed by atoms with van der Waals surface area (Å²) in [6.45, 7) is 3.23. The highest BCUT2D eigenvalue weighted by Gasteiger charge is 2.21. The fourth-order valence-corrected chi connectivity index (χ4v) is 4.43. The van der Waals surface area contributed by atoms with Gasteiger partial charge in [-0.1, -0.05) is 23.7 Å². The van der Waals surface area contributed by atoms with E-state index in [1.165, 1.54) is 0 Å². The van der Waals surface area contributed by atoms with Crippen LogP contribution in [0.4, 0.5) is 5.69 Å². The summed E-state index contributed by atoms with van der Waals surface area (Å²) in [7, 11) is 0. The average molecular weight is 415 g/mol. The topological polar surface area (TPSA) is 40.9 Å². The van der Waals surface area contributed by atoms with Crippen LogP contribution in [-0.4, -0.2) is 52.1 Å². The monoisotopic (exact) mass is 414 g/mol. The molecular weight excluding hydrogens is 392 g/mol. The molecule has 0 saturated carbocycles. The van der Waals surface area contributed by atoms with Crippen LogP contribution < -0.4 is 4.90 Å². The molecule has 0 aliphatic carbocycles. The third-order valence-electron chi connectivity index (χ3n) is 4.93. The molecule has 0 spiro atoms. The number of hydrogen-bond donors (Lipinski definition) is 0. The number of nitrogens with zero attached hydrogens (tertiary/aromatic N) is 4. The van der Waals surface area contributed by atoms with Gasteiger partial charge in [0.2, 0.25) is 5.91 Å². The lowest BCUT2D eigenvalue weighted by Gasteiger charge is -2.36. The summed E-state index contributed by atoms with van der Waals surface area (Å²) in [5, 5.41) is 0.749. The van der Waals surface area contributed by atoms with Crippen molar-refractivity contribution in [2.75, 3.05) is 36.8 Å². The number of halogens is 1. The minimum atomic E-state index is 0.244. The number of anilines is 1. The first-order valence-electron chi connectivity index (χ1n) is 9.48. The van der Waals surface area contributed by atoms with Crippen molar-refractivity contribution in [1.29, 1.82) is 0 Å². The summed E-state index contributed by atoms with van der Waals surface area (Å²) in [4.78, 5) is 21.4. The van der Waals surface area contributed by atoms with Crippen LogP contribution in [0.3, 0.4) is 0 Å². The Morgan fingerprint density at radius 3 is 2.75 bits per heavy atom. The molecule has 1 fully saturated rings. The van der Waals surface area contributed by atoms with E-state index in [4.69, 9.17) is 11.6 Å². The number of hydrogen-bond acceptors (Lipinski definition) is 4. The van der Waals surface area contributed by atoms with Gasteiger partial charge in [0.25, 0.3) is 0 Å². The maximum atomic E-state index is 12.5. The van der Waals surface area contributed by atoms with Gasteiger partial charge in [-0.15, -0.1) is 0 Å². The maximum absolute atomic E-state index is 12.5. The summed E-state index contributed by atoms with van der Waals surface area (Å²) in [6, 6.07) is 13.9. The molecule has 1 amide bonds. The zero-order chi connectivity index (χ0) is 19.3. The number of benzene rings is 1. The summed E-state index contributed by atoms with van der Waals surface area (Å²) in [5.74, 6) is 1.90. The first-order valence-corrected chi connectivity index (χ1v) is 11.0. The van der Waals surface area contributed by atoms with Gasteiger partial charge in [-0.2, -0.15) is 11.8 Å². The van der Waals surface area contributed by atoms with Crippen molar-refractivity contribution >= 4 is 40.6 Å². The Hall–Kier alpha value is -2.18. The number of imidazole rings is 1. The number of fused-ring (bicyclic) bond motifs is 1. The SMILES string of the molecule is O=C(CCSCc1cn2ccccc2n1)N1CCN(c2cccc(Cl)c2)CC1. The fourth-order valence-electron chi connectivity index (χ4n) is 3.44. The van der Waals surface area contributed by atoms with Gasteiger partial charge in [-0.05, 0) is 30.3 Å². The number of carbonyl (C=O) groups is 1. The number of aromatic nitrogens is 2. The predicted molar refractivity (Wildman–Crippen MR) is 116 cm³/mol. The van der Waals surface area contributed by atoms with Gasteiger partial charge in [0.05, 0.1) is 5.69 Å². The van der Waals surface area contributed by atoms with E-state index in [1.807, 2.05) is 51.9 Å². The Morgan fingerprint density at radius 1 is 1.11 bits per heavy atom. The first kappa shape index (κ1) is 19.2. The lowest BCUT2D eigenvalue weighted by Crippen LogP contribution is -2.48. The van der Waals surface area contributed by atoms with Crippen molar-refractivity contribution in [2.24, 2.45) is 0 Å². The molecular formula is C21H23ClN4OS. The molecule has 1 aliphatic heterocycles. The fraction of sp³-hybridized carbons (Fsp3) is 0.333. The largest absolute Gasteiger partial charge is 0.368 e. The van der Waals surface area contributed by atoms with Crippen LogP contribution in [0, 0.1) is 0 Å². The second-order valence-electron chi connectivity index (χ2n) is 6.85. The zero-order valence-electron chi connectivity index (χ0n) is 15.6. The van der Waals surface area contributed by atoms with Crippen molar-refractivity contribution in [1.82, 2.24) is 14.3 Å². The molecule has 28 heavy (non-hydrogen) atoms. The van der Waals surface area contributed by atoms with Gasteiger partial charge < -0.3 is 14.2 Å². The van der Waals surface area contributed by atoms with Crippen LogP contribution in [0.25, 0.3) is 5.65 Å². The van der Waals surface area contributed by atoms with E-state index in [1.54, 1.807) is 11.8 Å². The Bertz CT molecular complexity index is 919. The summed E-state index contributed by atoms with van der Waals surface area (Å²) in [6.07, 6.45) is 4.64. The summed E-state index contributed by atoms with van der Waals surface area (Å²) < 4.78 is 2.03. The average Bonchev–Trinajstić information content (AvgIpc) is 3.14. The van der Waals surface area contributed by atoms with E-state index < -0.39 is 0 Å². The second-order valence-corrected chi connectivity index (χ2v) is 8.39. The smallest absolute Gasteiger partial charge is 0.223 e. The summed E-state index contributed by atoms with van der Waals surface area (Å²) >= 11 is 7.85. The number of thioether (sulfide) groups is 1. The van der Waals surface area contributed by atoms with E-state index in [9.17, 15) is 4.79 Å². The van der Waals surface area contributed by atoms with Gasteiger partial charge in [-0.3, -0.25) is 4.79 Å². The van der Waals surface area contributed by atoms with Gasteiger partial charge in [0.15, 0.2) is 0 Å². The molecule has 3 aromatic rings. The molecule has 0 N–H and O–H groups in total. The Morgan fingerprint density at radius 2 is 1.96 bits per heavy atom. The molecule has 146 valence electrons. The normalized spacial score (nSPS) is 14.6. The molecule has 1 aliphatic rings. The number of amides is 1. The minimum Gasteiger partial charge on any atom is -0.368 e.